The van der Waals surface area contributed by atoms with Crippen LogP contribution in [0.15, 0.2) is 29.8 Å². The molecule has 0 saturated carbocycles. The van der Waals surface area contributed by atoms with Gasteiger partial charge in [-0.2, -0.15) is 0 Å². The van der Waals surface area contributed by atoms with Crippen molar-refractivity contribution in [1.29, 1.82) is 0 Å². The van der Waals surface area contributed by atoms with Crippen LogP contribution in [0.2, 0.25) is 0 Å². The third-order valence-corrected chi connectivity index (χ3v) is 2.52. The maximum absolute atomic E-state index is 11.9. The van der Waals surface area contributed by atoms with Gasteiger partial charge >= 0.3 is 0 Å². The molecule has 0 aliphatic heterocycles. The molecular weight excluding hydrogens is 220 g/mol. The minimum Gasteiger partial charge on any atom is -0.465 e. The number of ketones is 2. The highest BCUT2D eigenvalue weighted by Crippen LogP contribution is 2.29. The lowest BCUT2D eigenvalue weighted by atomic mass is 9.89. The molecule has 0 amide bonds. The predicted molar refractivity (Wildman–Crippen MR) is 61.2 cm³/mol. The highest BCUT2D eigenvalue weighted by Gasteiger charge is 2.26. The van der Waals surface area contributed by atoms with Crippen molar-refractivity contribution in [2.24, 2.45) is 0 Å². The summed E-state index contributed by atoms with van der Waals surface area (Å²) in [6.07, 6.45) is 0.260. The first-order chi connectivity index (χ1) is 8.00. The molecule has 1 atom stereocenters. The number of Topliss-reactive ketones (excluding diaryl/α,β-unsaturated/α-hetero) is 1. The van der Waals surface area contributed by atoms with E-state index in [-0.39, 0.29) is 22.9 Å². The van der Waals surface area contributed by atoms with Crippen molar-refractivity contribution in [1.82, 2.24) is 0 Å². The van der Waals surface area contributed by atoms with Gasteiger partial charge in [0, 0.05) is 11.1 Å². The van der Waals surface area contributed by atoms with Crippen LogP contribution in [0, 0.1) is 0 Å². The van der Waals surface area contributed by atoms with E-state index in [1.165, 1.54) is 13.0 Å². The van der Waals surface area contributed by atoms with Gasteiger partial charge in [0.2, 0.25) is 0 Å². The monoisotopic (exact) mass is 232 g/mol. The van der Waals surface area contributed by atoms with Gasteiger partial charge in [0.1, 0.15) is 5.75 Å². The fourth-order valence-corrected chi connectivity index (χ4v) is 1.80. The molecule has 0 heterocycles. The molecule has 4 nitrogen and oxygen atoms in total. The number of carbonyl (C=O) groups excluding carboxylic acids is 2. The van der Waals surface area contributed by atoms with Gasteiger partial charge in [-0.15, -0.1) is 0 Å². The Morgan fingerprint density at radius 1 is 1.29 bits per heavy atom. The van der Waals surface area contributed by atoms with Crippen molar-refractivity contribution in [3.8, 4) is 5.75 Å². The standard InChI is InChI=1S/C13H12O4/c1-7-6-10(15)12-9(13(7)16)4-3-5-11(12)17-8(2)14/h3-6,8,14H,1-2H3. The summed E-state index contributed by atoms with van der Waals surface area (Å²) in [4.78, 5) is 23.7. The molecule has 1 aliphatic carbocycles. The van der Waals surface area contributed by atoms with Crippen molar-refractivity contribution >= 4 is 11.6 Å². The van der Waals surface area contributed by atoms with E-state index < -0.39 is 6.29 Å². The van der Waals surface area contributed by atoms with Gasteiger partial charge in [0.05, 0.1) is 5.56 Å². The number of carbonyl (C=O) groups is 2. The number of ether oxygens (including phenoxy) is 1. The number of allylic oxidation sites excluding steroid dienone is 2. The maximum Gasteiger partial charge on any atom is 0.194 e. The Morgan fingerprint density at radius 2 is 2.00 bits per heavy atom. The zero-order valence-electron chi connectivity index (χ0n) is 9.56. The van der Waals surface area contributed by atoms with Crippen LogP contribution in [0.4, 0.5) is 0 Å². The summed E-state index contributed by atoms with van der Waals surface area (Å²) in [5.74, 6) is -0.219. The zero-order chi connectivity index (χ0) is 12.6. The number of aliphatic hydroxyl groups excluding tert-OH is 1. The molecule has 0 aromatic heterocycles. The van der Waals surface area contributed by atoms with E-state index in [1.54, 1.807) is 25.1 Å². The van der Waals surface area contributed by atoms with Crippen LogP contribution >= 0.6 is 0 Å². The van der Waals surface area contributed by atoms with Crippen LogP contribution < -0.4 is 4.74 Å². The van der Waals surface area contributed by atoms with Gasteiger partial charge in [-0.1, -0.05) is 12.1 Å². The fraction of sp³-hybridized carbons (Fsp3) is 0.231. The van der Waals surface area contributed by atoms with E-state index in [1.807, 2.05) is 0 Å². The second kappa shape index (κ2) is 4.14. The topological polar surface area (TPSA) is 63.6 Å². The van der Waals surface area contributed by atoms with E-state index in [9.17, 15) is 14.7 Å². The van der Waals surface area contributed by atoms with Crippen molar-refractivity contribution < 1.29 is 19.4 Å². The minimum absolute atomic E-state index is 0.185. The van der Waals surface area contributed by atoms with Gasteiger partial charge in [0.25, 0.3) is 0 Å². The number of rotatable bonds is 2. The Kier molecular flexibility index (Phi) is 2.81. The summed E-state index contributed by atoms with van der Waals surface area (Å²) in [5.41, 5.74) is 0.967. The first-order valence-corrected chi connectivity index (χ1v) is 5.25. The molecule has 2 rings (SSSR count). The second-order valence-electron chi connectivity index (χ2n) is 3.92. The van der Waals surface area contributed by atoms with Crippen molar-refractivity contribution in [3.63, 3.8) is 0 Å². The average Bonchev–Trinajstić information content (AvgIpc) is 2.25. The number of hydrogen-bond acceptors (Lipinski definition) is 4. The number of hydrogen-bond donors (Lipinski definition) is 1. The van der Waals surface area contributed by atoms with Gasteiger partial charge < -0.3 is 9.84 Å². The molecule has 4 heteroatoms. The molecule has 1 aromatic carbocycles. The quantitative estimate of drug-likeness (QED) is 0.789. The van der Waals surface area contributed by atoms with Crippen LogP contribution in [0.1, 0.15) is 34.6 Å². The number of aliphatic hydroxyl groups is 1. The normalized spacial score (nSPS) is 16.3. The lowest BCUT2D eigenvalue weighted by molar-refractivity contribution is -0.000795. The first-order valence-electron chi connectivity index (χ1n) is 5.25. The third-order valence-electron chi connectivity index (χ3n) is 2.52. The molecule has 88 valence electrons. The Hall–Kier alpha value is -1.94. The van der Waals surface area contributed by atoms with Gasteiger partial charge in [-0.05, 0) is 26.0 Å². The van der Waals surface area contributed by atoms with Crippen molar-refractivity contribution in [2.75, 3.05) is 0 Å². The Labute approximate surface area is 98.5 Å². The van der Waals surface area contributed by atoms with Gasteiger partial charge in [0.15, 0.2) is 17.9 Å². The molecule has 0 radical (unpaired) electrons. The average molecular weight is 232 g/mol. The van der Waals surface area contributed by atoms with Crippen LogP contribution in [0.25, 0.3) is 0 Å². The van der Waals surface area contributed by atoms with Crippen molar-refractivity contribution in [3.05, 3.63) is 41.0 Å². The summed E-state index contributed by atoms with van der Waals surface area (Å²) in [6, 6.07) is 4.77. The zero-order valence-corrected chi connectivity index (χ0v) is 9.56. The second-order valence-corrected chi connectivity index (χ2v) is 3.92. The molecule has 1 aromatic rings. The van der Waals surface area contributed by atoms with E-state index in [0.717, 1.165) is 0 Å². The van der Waals surface area contributed by atoms with Crippen LogP contribution in [0.3, 0.4) is 0 Å². The van der Waals surface area contributed by atoms with E-state index in [2.05, 4.69) is 0 Å². The fourth-order valence-electron chi connectivity index (χ4n) is 1.80. The lowest BCUT2D eigenvalue weighted by Gasteiger charge is -2.17. The van der Waals surface area contributed by atoms with Crippen molar-refractivity contribution in [2.45, 2.75) is 20.1 Å². The largest absolute Gasteiger partial charge is 0.465 e. The molecule has 0 saturated heterocycles. The van der Waals surface area contributed by atoms with Crippen LogP contribution in [-0.2, 0) is 0 Å². The van der Waals surface area contributed by atoms with Gasteiger partial charge in [-0.25, -0.2) is 0 Å². The highest BCUT2D eigenvalue weighted by molar-refractivity contribution is 6.25. The minimum atomic E-state index is -1.03. The van der Waals surface area contributed by atoms with E-state index >= 15 is 0 Å². The molecule has 0 fully saturated rings. The lowest BCUT2D eigenvalue weighted by Crippen LogP contribution is -2.19. The molecule has 1 aliphatic rings. The summed E-state index contributed by atoms with van der Waals surface area (Å²) in [6.45, 7) is 3.04. The summed E-state index contributed by atoms with van der Waals surface area (Å²) < 4.78 is 5.12. The number of fused-ring (bicyclic) bond motifs is 1. The molecule has 1 N–H and O–H groups in total. The SMILES string of the molecule is CC1=CC(=O)c2c(OC(C)O)cccc2C1=O. The Bertz CT molecular complexity index is 526. The molecule has 1 unspecified atom stereocenters. The molecule has 0 bridgehead atoms. The smallest absolute Gasteiger partial charge is 0.194 e. The van der Waals surface area contributed by atoms with E-state index in [4.69, 9.17) is 4.74 Å². The van der Waals surface area contributed by atoms with Crippen LogP contribution in [-0.4, -0.2) is 23.0 Å². The maximum atomic E-state index is 11.9. The molecular formula is C13H12O4. The van der Waals surface area contributed by atoms with E-state index in [0.29, 0.717) is 11.1 Å². The van der Waals surface area contributed by atoms with Crippen LogP contribution in [0.5, 0.6) is 5.75 Å². The molecule has 0 spiro atoms. The highest BCUT2D eigenvalue weighted by atomic mass is 16.6. The summed E-state index contributed by atoms with van der Waals surface area (Å²) >= 11 is 0. The van der Waals surface area contributed by atoms with Gasteiger partial charge in [-0.3, -0.25) is 9.59 Å². The summed E-state index contributed by atoms with van der Waals surface area (Å²) in [7, 11) is 0. The summed E-state index contributed by atoms with van der Waals surface area (Å²) in [5, 5.41) is 9.18. The third kappa shape index (κ3) is 1.99. The number of benzene rings is 1. The first kappa shape index (κ1) is 11.5. The Morgan fingerprint density at radius 3 is 2.65 bits per heavy atom. The Balaban J connectivity index is 2.58. The predicted octanol–water partition coefficient (Wildman–Crippen LogP) is 1.73. The molecule has 17 heavy (non-hydrogen) atoms.